The average molecular weight is 212 g/mol. The largest absolute Gasteiger partial charge is 1.00 e. The van der Waals surface area contributed by atoms with Crippen molar-refractivity contribution in [3.05, 3.63) is 6.92 Å². The van der Waals surface area contributed by atoms with Crippen molar-refractivity contribution in [2.75, 3.05) is 0 Å². The maximum atomic E-state index is 8.54. The van der Waals surface area contributed by atoms with Gasteiger partial charge in [0.2, 0.25) is 0 Å². The monoisotopic (exact) mass is 212 g/mol. The number of rotatable bonds is 8. The Morgan fingerprint density at radius 1 is 0.846 bits per heavy atom. The number of unbranched alkanes of at least 4 members (excludes halogenated alkanes) is 6. The fourth-order valence-corrected chi connectivity index (χ4v) is 1.21. The summed E-state index contributed by atoms with van der Waals surface area (Å²) < 4.78 is 0. The van der Waals surface area contributed by atoms with Crippen molar-refractivity contribution in [2.45, 2.75) is 57.7 Å². The van der Waals surface area contributed by atoms with Crippen LogP contribution in [0.3, 0.4) is 0 Å². The fourth-order valence-electron chi connectivity index (χ4n) is 1.21. The Balaban J connectivity index is 0. The van der Waals surface area contributed by atoms with E-state index in [0.717, 1.165) is 19.3 Å². The van der Waals surface area contributed by atoms with E-state index in [-0.39, 0.29) is 51.4 Å². The van der Waals surface area contributed by atoms with E-state index in [2.05, 4.69) is 6.92 Å². The summed E-state index contributed by atoms with van der Waals surface area (Å²) in [6.07, 6.45) is 7.48. The van der Waals surface area contributed by atoms with Crippen LogP contribution in [0.25, 0.3) is 0 Å². The molecule has 0 fully saturated rings. The molecule has 0 aromatic carbocycles. The van der Waals surface area contributed by atoms with Crippen molar-refractivity contribution in [3.63, 3.8) is 0 Å². The zero-order valence-electron chi connectivity index (χ0n) is 8.84. The predicted molar refractivity (Wildman–Crippen MR) is 50.5 cm³/mol. The van der Waals surface area contributed by atoms with Crippen LogP contribution in [0.4, 0.5) is 0 Å². The van der Waals surface area contributed by atoms with Gasteiger partial charge in [-0.2, -0.15) is 6.42 Å². The summed E-state index contributed by atoms with van der Waals surface area (Å²) in [6, 6.07) is 0. The molecule has 0 aliphatic carbocycles. The summed E-state index contributed by atoms with van der Waals surface area (Å²) >= 11 is 0. The molecule has 0 aromatic rings. The zero-order valence-corrected chi connectivity index (χ0v) is 12.0. The standard InChI is InChI=1S/C10H21O2.K/c1-2-3-4-5-6-7-8-9-10(11)12;/h10-12H,1-9H2;/q-1;+1. The predicted octanol–water partition coefficient (Wildman–Crippen LogP) is -0.744. The molecule has 0 atom stereocenters. The molecule has 13 heavy (non-hydrogen) atoms. The first-order chi connectivity index (χ1) is 5.77. The van der Waals surface area contributed by atoms with Crippen LogP contribution in [0.5, 0.6) is 0 Å². The van der Waals surface area contributed by atoms with Crippen molar-refractivity contribution in [1.29, 1.82) is 0 Å². The Kier molecular flexibility index (Phi) is 17.7. The van der Waals surface area contributed by atoms with E-state index in [1.807, 2.05) is 0 Å². The van der Waals surface area contributed by atoms with Gasteiger partial charge in [-0.1, -0.05) is 32.1 Å². The molecule has 0 aliphatic heterocycles. The van der Waals surface area contributed by atoms with Crippen molar-refractivity contribution >= 4 is 0 Å². The van der Waals surface area contributed by atoms with E-state index in [0.29, 0.717) is 6.42 Å². The van der Waals surface area contributed by atoms with E-state index in [4.69, 9.17) is 10.2 Å². The molecule has 0 saturated heterocycles. The van der Waals surface area contributed by atoms with Crippen molar-refractivity contribution in [1.82, 2.24) is 0 Å². The van der Waals surface area contributed by atoms with Gasteiger partial charge in [0, 0.05) is 0 Å². The van der Waals surface area contributed by atoms with Crippen molar-refractivity contribution in [2.24, 2.45) is 0 Å². The summed E-state index contributed by atoms with van der Waals surface area (Å²) in [5.41, 5.74) is 0. The van der Waals surface area contributed by atoms with Gasteiger partial charge in [0.05, 0.1) is 0 Å². The molecule has 0 rings (SSSR count). The number of hydrogen-bond acceptors (Lipinski definition) is 2. The Bertz CT molecular complexity index is 87.0. The maximum absolute atomic E-state index is 8.54. The van der Waals surface area contributed by atoms with Crippen LogP contribution < -0.4 is 51.4 Å². The summed E-state index contributed by atoms with van der Waals surface area (Å²) in [4.78, 5) is 0. The molecule has 0 unspecified atom stereocenters. The number of aliphatic hydroxyl groups excluding tert-OH is 1. The SMILES string of the molecule is [CH2-]CCCCCCCCC(O)O.[K+]. The topological polar surface area (TPSA) is 40.5 Å². The Hall–Kier alpha value is 1.56. The second-order valence-electron chi connectivity index (χ2n) is 3.24. The van der Waals surface area contributed by atoms with E-state index in [1.165, 1.54) is 25.7 Å². The van der Waals surface area contributed by atoms with Crippen molar-refractivity contribution < 1.29 is 61.6 Å². The van der Waals surface area contributed by atoms with Crippen LogP contribution in [0.15, 0.2) is 0 Å². The first-order valence-electron chi connectivity index (χ1n) is 4.92. The van der Waals surface area contributed by atoms with Gasteiger partial charge in [0.25, 0.3) is 0 Å². The number of hydrogen-bond donors (Lipinski definition) is 2. The summed E-state index contributed by atoms with van der Waals surface area (Å²) in [7, 11) is 0. The smallest absolute Gasteiger partial charge is 0.368 e. The Morgan fingerprint density at radius 3 is 1.77 bits per heavy atom. The summed E-state index contributed by atoms with van der Waals surface area (Å²) in [6.45, 7) is 3.78. The quantitative estimate of drug-likeness (QED) is 0.241. The molecule has 0 amide bonds. The first-order valence-corrected chi connectivity index (χ1v) is 4.92. The molecule has 0 saturated carbocycles. The van der Waals surface area contributed by atoms with Gasteiger partial charge < -0.3 is 17.1 Å². The first kappa shape index (κ1) is 17.0. The van der Waals surface area contributed by atoms with Crippen LogP contribution in [0, 0.1) is 6.92 Å². The molecular formula is C10H21KO2. The van der Waals surface area contributed by atoms with Crippen LogP contribution in [-0.2, 0) is 0 Å². The van der Waals surface area contributed by atoms with Gasteiger partial charge in [-0.25, -0.2) is 0 Å². The molecule has 0 bridgehead atoms. The average Bonchev–Trinajstić information content (AvgIpc) is 2.02. The van der Waals surface area contributed by atoms with Gasteiger partial charge in [-0.05, 0) is 12.8 Å². The molecule has 0 radical (unpaired) electrons. The second-order valence-corrected chi connectivity index (χ2v) is 3.24. The Morgan fingerprint density at radius 2 is 1.31 bits per heavy atom. The number of aliphatic hydroxyl groups is 2. The fraction of sp³-hybridized carbons (Fsp3) is 0.900. The maximum Gasteiger partial charge on any atom is 1.00 e. The molecule has 2 nitrogen and oxygen atoms in total. The van der Waals surface area contributed by atoms with Crippen LogP contribution >= 0.6 is 0 Å². The molecule has 0 heterocycles. The van der Waals surface area contributed by atoms with Crippen LogP contribution in [0.1, 0.15) is 51.4 Å². The normalized spacial score (nSPS) is 10.2. The van der Waals surface area contributed by atoms with Gasteiger partial charge in [-0.15, -0.1) is 0 Å². The third-order valence-corrected chi connectivity index (χ3v) is 1.96. The second kappa shape index (κ2) is 13.6. The van der Waals surface area contributed by atoms with Crippen LogP contribution in [0.2, 0.25) is 0 Å². The molecule has 2 N–H and O–H groups in total. The van der Waals surface area contributed by atoms with Gasteiger partial charge in [-0.3, -0.25) is 0 Å². The summed E-state index contributed by atoms with van der Waals surface area (Å²) in [5, 5.41) is 17.1. The summed E-state index contributed by atoms with van der Waals surface area (Å²) in [5.74, 6) is 0. The molecule has 0 aromatic heterocycles. The van der Waals surface area contributed by atoms with Gasteiger partial charge >= 0.3 is 51.4 Å². The minimum atomic E-state index is -1.11. The molecular weight excluding hydrogens is 191 g/mol. The third kappa shape index (κ3) is 16.2. The minimum Gasteiger partial charge on any atom is -0.368 e. The van der Waals surface area contributed by atoms with E-state index in [9.17, 15) is 0 Å². The Labute approximate surface area is 125 Å². The minimum absolute atomic E-state index is 0. The third-order valence-electron chi connectivity index (χ3n) is 1.96. The van der Waals surface area contributed by atoms with Gasteiger partial charge in [0.15, 0.2) is 6.29 Å². The van der Waals surface area contributed by atoms with Crippen LogP contribution in [-0.4, -0.2) is 16.5 Å². The molecule has 0 aliphatic rings. The molecule has 3 heteroatoms. The van der Waals surface area contributed by atoms with E-state index in [1.54, 1.807) is 0 Å². The zero-order chi connectivity index (χ0) is 9.23. The van der Waals surface area contributed by atoms with E-state index < -0.39 is 6.29 Å². The molecule has 0 spiro atoms. The molecule has 74 valence electrons. The van der Waals surface area contributed by atoms with Crippen molar-refractivity contribution in [3.8, 4) is 0 Å². The van der Waals surface area contributed by atoms with Gasteiger partial charge in [0.1, 0.15) is 0 Å². The van der Waals surface area contributed by atoms with E-state index >= 15 is 0 Å².